The third-order valence-electron chi connectivity index (χ3n) is 3.74. The van der Waals surface area contributed by atoms with E-state index in [9.17, 15) is 4.79 Å². The number of ether oxygens (including phenoxy) is 2. The molecule has 3 heteroatoms. The summed E-state index contributed by atoms with van der Waals surface area (Å²) < 4.78 is 10.0. The first-order valence-electron chi connectivity index (χ1n) is 6.63. The highest BCUT2D eigenvalue weighted by atomic mass is 16.5. The van der Waals surface area contributed by atoms with Crippen LogP contribution in [0.4, 0.5) is 0 Å². The van der Waals surface area contributed by atoms with Gasteiger partial charge in [0.25, 0.3) is 0 Å². The van der Waals surface area contributed by atoms with Crippen molar-refractivity contribution in [3.05, 3.63) is 35.4 Å². The Labute approximate surface area is 114 Å². The molecule has 1 aliphatic rings. The van der Waals surface area contributed by atoms with Crippen LogP contribution in [0.1, 0.15) is 30.9 Å². The van der Waals surface area contributed by atoms with Crippen LogP contribution in [-0.2, 0) is 16.0 Å². The third kappa shape index (κ3) is 2.80. The molecule has 1 aromatic carbocycles. The lowest BCUT2D eigenvalue weighted by molar-refractivity contribution is -0.141. The monoisotopic (exact) mass is 260 g/mol. The minimum absolute atomic E-state index is 0.144. The molecule has 1 aliphatic carbocycles. The molecule has 0 N–H and O–H groups in total. The van der Waals surface area contributed by atoms with Crippen molar-refractivity contribution in [1.82, 2.24) is 0 Å². The summed E-state index contributed by atoms with van der Waals surface area (Å²) in [5.74, 6) is 0.978. The summed E-state index contributed by atoms with van der Waals surface area (Å²) in [5, 5.41) is 0. The SMILES string of the molecule is CCC(CC(=O)OC)C1=CCc2cc(OC)ccc21. The van der Waals surface area contributed by atoms with Gasteiger partial charge in [0.15, 0.2) is 0 Å². The van der Waals surface area contributed by atoms with Crippen molar-refractivity contribution in [2.45, 2.75) is 26.2 Å². The van der Waals surface area contributed by atoms with E-state index in [-0.39, 0.29) is 11.9 Å². The smallest absolute Gasteiger partial charge is 0.306 e. The number of benzene rings is 1. The molecule has 0 saturated heterocycles. The van der Waals surface area contributed by atoms with Gasteiger partial charge in [-0.05, 0) is 47.6 Å². The van der Waals surface area contributed by atoms with Crippen LogP contribution in [0.5, 0.6) is 5.75 Å². The van der Waals surface area contributed by atoms with E-state index >= 15 is 0 Å². The van der Waals surface area contributed by atoms with Gasteiger partial charge in [-0.2, -0.15) is 0 Å². The zero-order valence-corrected chi connectivity index (χ0v) is 11.7. The van der Waals surface area contributed by atoms with Gasteiger partial charge < -0.3 is 9.47 Å². The molecule has 3 nitrogen and oxygen atoms in total. The first-order chi connectivity index (χ1) is 9.19. The molecule has 0 spiro atoms. The van der Waals surface area contributed by atoms with Crippen LogP contribution in [0.3, 0.4) is 0 Å². The van der Waals surface area contributed by atoms with Gasteiger partial charge in [0.05, 0.1) is 20.6 Å². The summed E-state index contributed by atoms with van der Waals surface area (Å²) >= 11 is 0. The van der Waals surface area contributed by atoms with Crippen molar-refractivity contribution < 1.29 is 14.3 Å². The average Bonchev–Trinajstić information content (AvgIpc) is 2.87. The first-order valence-corrected chi connectivity index (χ1v) is 6.63. The highest BCUT2D eigenvalue weighted by Gasteiger charge is 2.23. The van der Waals surface area contributed by atoms with E-state index in [4.69, 9.17) is 9.47 Å². The molecule has 1 unspecified atom stereocenters. The number of esters is 1. The highest BCUT2D eigenvalue weighted by molar-refractivity contribution is 5.79. The highest BCUT2D eigenvalue weighted by Crippen LogP contribution is 2.37. The van der Waals surface area contributed by atoms with Crippen molar-refractivity contribution >= 4 is 11.5 Å². The van der Waals surface area contributed by atoms with E-state index in [0.29, 0.717) is 6.42 Å². The quantitative estimate of drug-likeness (QED) is 0.762. The van der Waals surface area contributed by atoms with Crippen molar-refractivity contribution in [1.29, 1.82) is 0 Å². The molecule has 0 radical (unpaired) electrons. The largest absolute Gasteiger partial charge is 0.497 e. The maximum atomic E-state index is 11.5. The molecule has 19 heavy (non-hydrogen) atoms. The molecule has 2 rings (SSSR count). The number of rotatable bonds is 5. The van der Waals surface area contributed by atoms with Crippen LogP contribution in [0.2, 0.25) is 0 Å². The molecular formula is C16H20O3. The van der Waals surface area contributed by atoms with Gasteiger partial charge in [-0.15, -0.1) is 0 Å². The van der Waals surface area contributed by atoms with Crippen LogP contribution in [0, 0.1) is 5.92 Å². The van der Waals surface area contributed by atoms with Gasteiger partial charge in [0, 0.05) is 0 Å². The van der Waals surface area contributed by atoms with Crippen LogP contribution < -0.4 is 4.74 Å². The summed E-state index contributed by atoms with van der Waals surface area (Å²) in [7, 11) is 3.12. The normalized spacial score (nSPS) is 14.6. The Morgan fingerprint density at radius 2 is 2.16 bits per heavy atom. The number of fused-ring (bicyclic) bond motifs is 1. The van der Waals surface area contributed by atoms with Gasteiger partial charge in [-0.25, -0.2) is 0 Å². The zero-order valence-electron chi connectivity index (χ0n) is 11.7. The Morgan fingerprint density at radius 1 is 1.37 bits per heavy atom. The Hall–Kier alpha value is -1.77. The van der Waals surface area contributed by atoms with E-state index in [1.165, 1.54) is 23.8 Å². The molecule has 1 atom stereocenters. The average molecular weight is 260 g/mol. The second kappa shape index (κ2) is 5.91. The van der Waals surface area contributed by atoms with E-state index in [2.05, 4.69) is 25.1 Å². The minimum Gasteiger partial charge on any atom is -0.497 e. The topological polar surface area (TPSA) is 35.5 Å². The number of carbonyl (C=O) groups is 1. The van der Waals surface area contributed by atoms with Gasteiger partial charge in [-0.3, -0.25) is 4.79 Å². The molecule has 0 aliphatic heterocycles. The Balaban J connectivity index is 2.22. The number of carbonyl (C=O) groups excluding carboxylic acids is 1. The summed E-state index contributed by atoms with van der Waals surface area (Å²) in [6, 6.07) is 6.14. The summed E-state index contributed by atoms with van der Waals surface area (Å²) in [5.41, 5.74) is 3.79. The van der Waals surface area contributed by atoms with E-state index in [1.54, 1.807) is 7.11 Å². The molecular weight excluding hydrogens is 240 g/mol. The minimum atomic E-state index is -0.144. The molecule has 0 aromatic heterocycles. The third-order valence-corrected chi connectivity index (χ3v) is 3.74. The fourth-order valence-corrected chi connectivity index (χ4v) is 2.62. The van der Waals surface area contributed by atoms with Crippen LogP contribution in [-0.4, -0.2) is 20.2 Å². The van der Waals surface area contributed by atoms with Crippen molar-refractivity contribution in [2.24, 2.45) is 5.92 Å². The molecule has 1 aromatic rings. The van der Waals surface area contributed by atoms with Gasteiger partial charge in [0.1, 0.15) is 5.75 Å². The second-order valence-corrected chi connectivity index (χ2v) is 4.77. The lowest BCUT2D eigenvalue weighted by Crippen LogP contribution is -2.10. The van der Waals surface area contributed by atoms with Crippen molar-refractivity contribution in [3.8, 4) is 5.75 Å². The number of allylic oxidation sites excluding steroid dienone is 2. The summed E-state index contributed by atoms with van der Waals surface area (Å²) in [6.07, 6.45) is 4.53. The fraction of sp³-hybridized carbons (Fsp3) is 0.438. The Bertz CT molecular complexity index is 503. The predicted molar refractivity (Wildman–Crippen MR) is 75.1 cm³/mol. The first kappa shape index (κ1) is 13.7. The molecule has 0 bridgehead atoms. The molecule has 0 fully saturated rings. The Kier molecular flexibility index (Phi) is 4.25. The van der Waals surface area contributed by atoms with Gasteiger partial charge >= 0.3 is 5.97 Å². The van der Waals surface area contributed by atoms with Gasteiger partial charge in [-0.1, -0.05) is 19.1 Å². The summed E-state index contributed by atoms with van der Waals surface area (Å²) in [4.78, 5) is 11.5. The van der Waals surface area contributed by atoms with E-state index in [0.717, 1.165) is 18.6 Å². The van der Waals surface area contributed by atoms with Crippen molar-refractivity contribution in [3.63, 3.8) is 0 Å². The maximum absolute atomic E-state index is 11.5. The molecule has 102 valence electrons. The van der Waals surface area contributed by atoms with Crippen molar-refractivity contribution in [2.75, 3.05) is 14.2 Å². The maximum Gasteiger partial charge on any atom is 0.306 e. The standard InChI is InChI=1S/C16H20O3/c1-4-11(10-16(17)19-3)14-7-5-12-9-13(18-2)6-8-15(12)14/h6-9,11H,4-5,10H2,1-3H3. The van der Waals surface area contributed by atoms with E-state index in [1.807, 2.05) is 6.07 Å². The fourth-order valence-electron chi connectivity index (χ4n) is 2.62. The molecule has 0 heterocycles. The van der Waals surface area contributed by atoms with Crippen LogP contribution >= 0.6 is 0 Å². The predicted octanol–water partition coefficient (Wildman–Crippen LogP) is 3.22. The van der Waals surface area contributed by atoms with Crippen LogP contribution in [0.15, 0.2) is 24.3 Å². The summed E-state index contributed by atoms with van der Waals surface area (Å²) in [6.45, 7) is 2.11. The van der Waals surface area contributed by atoms with E-state index < -0.39 is 0 Å². The van der Waals surface area contributed by atoms with Gasteiger partial charge in [0.2, 0.25) is 0 Å². The lowest BCUT2D eigenvalue weighted by atomic mass is 9.89. The number of hydrogen-bond donors (Lipinski definition) is 0. The van der Waals surface area contributed by atoms with Crippen LogP contribution in [0.25, 0.3) is 5.57 Å². The zero-order chi connectivity index (χ0) is 13.8. The Morgan fingerprint density at radius 3 is 2.79 bits per heavy atom. The molecule has 0 amide bonds. The second-order valence-electron chi connectivity index (χ2n) is 4.77. The molecule has 0 saturated carbocycles. The lowest BCUT2D eigenvalue weighted by Gasteiger charge is -2.17. The number of methoxy groups -OCH3 is 2. The number of hydrogen-bond acceptors (Lipinski definition) is 3.